The average molecular weight is 242 g/mol. The first-order valence-corrected chi connectivity index (χ1v) is 7.48. The van der Waals surface area contributed by atoms with Gasteiger partial charge in [0, 0.05) is 5.92 Å². The molecule has 0 saturated heterocycles. The van der Waals surface area contributed by atoms with Gasteiger partial charge in [-0.15, -0.1) is 0 Å². The van der Waals surface area contributed by atoms with Crippen LogP contribution in [0.1, 0.15) is 72.6 Å². The van der Waals surface area contributed by atoms with Crippen LogP contribution in [0.2, 0.25) is 0 Å². The normalized spacial score (nSPS) is 23.3. The van der Waals surface area contributed by atoms with Gasteiger partial charge in [-0.2, -0.15) is 0 Å². The molecular formula is C15H30O2. The van der Waals surface area contributed by atoms with E-state index in [1.54, 1.807) is 0 Å². The molecule has 1 saturated carbocycles. The lowest BCUT2D eigenvalue weighted by Crippen LogP contribution is -2.34. The number of rotatable bonds is 7. The van der Waals surface area contributed by atoms with Crippen molar-refractivity contribution in [2.45, 2.75) is 91.1 Å². The van der Waals surface area contributed by atoms with Crippen LogP contribution in [0.3, 0.4) is 0 Å². The monoisotopic (exact) mass is 242 g/mol. The summed E-state index contributed by atoms with van der Waals surface area (Å²) in [5, 5.41) is 0. The molecule has 1 aliphatic carbocycles. The Hall–Kier alpha value is -0.0800. The van der Waals surface area contributed by atoms with Gasteiger partial charge in [0.15, 0.2) is 6.29 Å². The summed E-state index contributed by atoms with van der Waals surface area (Å²) in [5.41, 5.74) is 0. The first-order valence-electron chi connectivity index (χ1n) is 7.48. The summed E-state index contributed by atoms with van der Waals surface area (Å²) in [4.78, 5) is 0. The van der Waals surface area contributed by atoms with Crippen LogP contribution < -0.4 is 0 Å². The zero-order valence-corrected chi connectivity index (χ0v) is 12.1. The molecule has 1 fully saturated rings. The van der Waals surface area contributed by atoms with E-state index >= 15 is 0 Å². The topological polar surface area (TPSA) is 18.5 Å². The first-order chi connectivity index (χ1) is 8.17. The molecule has 0 aliphatic heterocycles. The minimum absolute atomic E-state index is 0.0280. The summed E-state index contributed by atoms with van der Waals surface area (Å²) in [7, 11) is 0. The molecule has 2 unspecified atom stereocenters. The molecule has 0 aromatic carbocycles. The van der Waals surface area contributed by atoms with E-state index in [4.69, 9.17) is 9.47 Å². The Labute approximate surface area is 107 Å². The molecule has 1 aliphatic rings. The Morgan fingerprint density at radius 2 is 1.35 bits per heavy atom. The van der Waals surface area contributed by atoms with E-state index in [0.29, 0.717) is 18.1 Å². The molecule has 2 heteroatoms. The van der Waals surface area contributed by atoms with E-state index in [-0.39, 0.29) is 6.29 Å². The van der Waals surface area contributed by atoms with Crippen molar-refractivity contribution in [3.8, 4) is 0 Å². The molecule has 2 nitrogen and oxygen atoms in total. The smallest absolute Gasteiger partial charge is 0.161 e. The van der Waals surface area contributed by atoms with Crippen LogP contribution in [0.25, 0.3) is 0 Å². The Bertz CT molecular complexity index is 175. The second-order valence-electron chi connectivity index (χ2n) is 5.48. The highest BCUT2D eigenvalue weighted by molar-refractivity contribution is 4.71. The molecule has 2 atom stereocenters. The second kappa shape index (κ2) is 8.10. The van der Waals surface area contributed by atoms with Gasteiger partial charge in [-0.1, -0.05) is 33.1 Å². The fourth-order valence-corrected chi connectivity index (χ4v) is 2.31. The molecular weight excluding hydrogens is 212 g/mol. The van der Waals surface area contributed by atoms with Gasteiger partial charge in [0.1, 0.15) is 0 Å². The number of hydrogen-bond acceptors (Lipinski definition) is 2. The van der Waals surface area contributed by atoms with Crippen LogP contribution in [0.5, 0.6) is 0 Å². The average Bonchev–Trinajstić information content (AvgIpc) is 2.38. The van der Waals surface area contributed by atoms with Gasteiger partial charge in [0.05, 0.1) is 12.2 Å². The standard InChI is InChI=1S/C15H30O2/c1-5-12(3)16-15(17-13(4)6-2)14-10-8-7-9-11-14/h12-15H,5-11H2,1-4H3. The molecule has 102 valence electrons. The number of hydrogen-bond donors (Lipinski definition) is 0. The van der Waals surface area contributed by atoms with Crippen molar-refractivity contribution in [2.75, 3.05) is 0 Å². The predicted molar refractivity (Wildman–Crippen MR) is 72.0 cm³/mol. The summed E-state index contributed by atoms with van der Waals surface area (Å²) >= 11 is 0. The van der Waals surface area contributed by atoms with E-state index in [1.807, 2.05) is 0 Å². The summed E-state index contributed by atoms with van der Waals surface area (Å²) in [5.74, 6) is 0.617. The quantitative estimate of drug-likeness (QED) is 0.611. The van der Waals surface area contributed by atoms with E-state index in [1.165, 1.54) is 32.1 Å². The lowest BCUT2D eigenvalue weighted by atomic mass is 9.88. The highest BCUT2D eigenvalue weighted by Crippen LogP contribution is 2.30. The molecule has 0 N–H and O–H groups in total. The zero-order chi connectivity index (χ0) is 12.7. The van der Waals surface area contributed by atoms with E-state index < -0.39 is 0 Å². The van der Waals surface area contributed by atoms with E-state index in [9.17, 15) is 0 Å². The summed E-state index contributed by atoms with van der Waals surface area (Å²) < 4.78 is 12.2. The molecule has 1 rings (SSSR count). The van der Waals surface area contributed by atoms with Crippen LogP contribution in [-0.4, -0.2) is 18.5 Å². The fraction of sp³-hybridized carbons (Fsp3) is 1.00. The minimum atomic E-state index is 0.0280. The summed E-state index contributed by atoms with van der Waals surface area (Å²) in [6, 6.07) is 0. The van der Waals surface area contributed by atoms with E-state index in [0.717, 1.165) is 12.8 Å². The Balaban J connectivity index is 2.50. The minimum Gasteiger partial charge on any atom is -0.349 e. The van der Waals surface area contributed by atoms with Crippen molar-refractivity contribution in [1.82, 2.24) is 0 Å². The van der Waals surface area contributed by atoms with Gasteiger partial charge >= 0.3 is 0 Å². The van der Waals surface area contributed by atoms with Gasteiger partial charge in [-0.05, 0) is 39.5 Å². The Morgan fingerprint density at radius 3 is 1.76 bits per heavy atom. The van der Waals surface area contributed by atoms with Crippen molar-refractivity contribution in [2.24, 2.45) is 5.92 Å². The largest absolute Gasteiger partial charge is 0.349 e. The van der Waals surface area contributed by atoms with Crippen molar-refractivity contribution < 1.29 is 9.47 Å². The first kappa shape index (κ1) is 15.0. The molecule has 0 radical (unpaired) electrons. The molecule has 0 bridgehead atoms. The van der Waals surface area contributed by atoms with Crippen molar-refractivity contribution in [3.05, 3.63) is 0 Å². The third-order valence-electron chi connectivity index (χ3n) is 3.92. The van der Waals surface area contributed by atoms with Crippen molar-refractivity contribution in [3.63, 3.8) is 0 Å². The van der Waals surface area contributed by atoms with Crippen LogP contribution in [0.4, 0.5) is 0 Å². The fourth-order valence-electron chi connectivity index (χ4n) is 2.31. The SMILES string of the molecule is CCC(C)OC(OC(C)CC)C1CCCCC1. The second-order valence-corrected chi connectivity index (χ2v) is 5.48. The summed E-state index contributed by atoms with van der Waals surface area (Å²) in [6.07, 6.45) is 9.40. The molecule has 0 amide bonds. The third-order valence-corrected chi connectivity index (χ3v) is 3.92. The van der Waals surface area contributed by atoms with Crippen LogP contribution in [0, 0.1) is 5.92 Å². The molecule has 0 heterocycles. The molecule has 0 aromatic rings. The maximum absolute atomic E-state index is 6.09. The molecule has 0 aromatic heterocycles. The van der Waals surface area contributed by atoms with E-state index in [2.05, 4.69) is 27.7 Å². The van der Waals surface area contributed by atoms with Gasteiger partial charge in [0.25, 0.3) is 0 Å². The van der Waals surface area contributed by atoms with Crippen LogP contribution in [0.15, 0.2) is 0 Å². The lowest BCUT2D eigenvalue weighted by Gasteiger charge is -2.33. The van der Waals surface area contributed by atoms with Crippen molar-refractivity contribution >= 4 is 0 Å². The Morgan fingerprint density at radius 1 is 0.882 bits per heavy atom. The molecule has 0 spiro atoms. The maximum atomic E-state index is 6.09. The van der Waals surface area contributed by atoms with Gasteiger partial charge in [-0.3, -0.25) is 0 Å². The predicted octanol–water partition coefficient (Wildman–Crippen LogP) is 4.52. The van der Waals surface area contributed by atoms with Gasteiger partial charge in [0.2, 0.25) is 0 Å². The van der Waals surface area contributed by atoms with Crippen LogP contribution >= 0.6 is 0 Å². The third kappa shape index (κ3) is 5.39. The van der Waals surface area contributed by atoms with Gasteiger partial charge < -0.3 is 9.47 Å². The number of ether oxygens (including phenoxy) is 2. The zero-order valence-electron chi connectivity index (χ0n) is 12.1. The lowest BCUT2D eigenvalue weighted by molar-refractivity contribution is -0.218. The maximum Gasteiger partial charge on any atom is 0.161 e. The van der Waals surface area contributed by atoms with Gasteiger partial charge in [-0.25, -0.2) is 0 Å². The molecule has 17 heavy (non-hydrogen) atoms. The van der Waals surface area contributed by atoms with Crippen molar-refractivity contribution in [1.29, 1.82) is 0 Å². The summed E-state index contributed by atoms with van der Waals surface area (Å²) in [6.45, 7) is 8.64. The highest BCUT2D eigenvalue weighted by Gasteiger charge is 2.27. The Kier molecular flexibility index (Phi) is 7.14. The van der Waals surface area contributed by atoms with Crippen LogP contribution in [-0.2, 0) is 9.47 Å². The highest BCUT2D eigenvalue weighted by atomic mass is 16.7.